The molecule has 1 unspecified atom stereocenters. The first-order valence-corrected chi connectivity index (χ1v) is 7.76. The molecule has 1 N–H and O–H groups in total. The van der Waals surface area contributed by atoms with Gasteiger partial charge in [0.15, 0.2) is 0 Å². The van der Waals surface area contributed by atoms with E-state index < -0.39 is 6.10 Å². The highest BCUT2D eigenvalue weighted by molar-refractivity contribution is 7.20. The number of aliphatic hydroxyl groups excluding tert-OH is 1. The lowest BCUT2D eigenvalue weighted by Crippen LogP contribution is -2.00. The van der Waals surface area contributed by atoms with Crippen molar-refractivity contribution in [2.75, 3.05) is 0 Å². The lowest BCUT2D eigenvalue weighted by Gasteiger charge is -2.14. The van der Waals surface area contributed by atoms with Gasteiger partial charge in [0.05, 0.1) is 4.34 Å². The van der Waals surface area contributed by atoms with Gasteiger partial charge in [0.1, 0.15) is 10.4 Å². The Bertz CT molecular complexity index is 779. The minimum Gasteiger partial charge on any atom is -0.384 e. The van der Waals surface area contributed by atoms with Crippen LogP contribution in [-0.2, 0) is 0 Å². The van der Waals surface area contributed by atoms with Gasteiger partial charge in [-0.25, -0.2) is 0 Å². The summed E-state index contributed by atoms with van der Waals surface area (Å²) in [7, 11) is 0. The minimum atomic E-state index is -0.767. The summed E-state index contributed by atoms with van der Waals surface area (Å²) >= 11 is 13.4. The second-order valence-corrected chi connectivity index (χ2v) is 6.98. The summed E-state index contributed by atoms with van der Waals surface area (Å²) in [6.45, 7) is 2.06. The third-order valence-electron chi connectivity index (χ3n) is 3.45. The highest BCUT2D eigenvalue weighted by Crippen LogP contribution is 2.39. The number of rotatable bonds is 2. The van der Waals surface area contributed by atoms with E-state index in [2.05, 4.69) is 13.0 Å². The molecule has 0 bridgehead atoms. The Labute approximate surface area is 131 Å². The first kappa shape index (κ1) is 13.9. The Kier molecular flexibility index (Phi) is 3.74. The van der Waals surface area contributed by atoms with E-state index in [4.69, 9.17) is 23.2 Å². The quantitative estimate of drug-likeness (QED) is 0.651. The average molecular weight is 323 g/mol. The van der Waals surface area contributed by atoms with Crippen molar-refractivity contribution in [3.63, 3.8) is 0 Å². The summed E-state index contributed by atoms with van der Waals surface area (Å²) in [5, 5.41) is 12.8. The molecule has 0 aliphatic heterocycles. The first-order chi connectivity index (χ1) is 9.58. The molecular formula is C16H12Cl2OS. The van der Waals surface area contributed by atoms with Crippen molar-refractivity contribution in [2.45, 2.75) is 13.0 Å². The SMILES string of the molecule is Cc1ccc(C(O)c2cc(Cl)sc2Cl)c2ccccc12. The van der Waals surface area contributed by atoms with Gasteiger partial charge in [-0.15, -0.1) is 11.3 Å². The predicted molar refractivity (Wildman–Crippen MR) is 87.1 cm³/mol. The van der Waals surface area contributed by atoms with Gasteiger partial charge in [0, 0.05) is 5.56 Å². The van der Waals surface area contributed by atoms with E-state index in [1.165, 1.54) is 16.9 Å². The number of hydrogen-bond donors (Lipinski definition) is 1. The van der Waals surface area contributed by atoms with E-state index in [1.54, 1.807) is 6.07 Å². The van der Waals surface area contributed by atoms with E-state index in [0.29, 0.717) is 14.2 Å². The second-order valence-electron chi connectivity index (χ2n) is 4.70. The van der Waals surface area contributed by atoms with E-state index in [1.807, 2.05) is 30.3 Å². The van der Waals surface area contributed by atoms with E-state index >= 15 is 0 Å². The van der Waals surface area contributed by atoms with Crippen LogP contribution in [0.25, 0.3) is 10.8 Å². The van der Waals surface area contributed by atoms with Crippen molar-refractivity contribution in [3.8, 4) is 0 Å². The van der Waals surface area contributed by atoms with Gasteiger partial charge < -0.3 is 5.11 Å². The topological polar surface area (TPSA) is 20.2 Å². The van der Waals surface area contributed by atoms with Crippen LogP contribution in [0, 0.1) is 6.92 Å². The van der Waals surface area contributed by atoms with Gasteiger partial charge in [-0.3, -0.25) is 0 Å². The van der Waals surface area contributed by atoms with E-state index in [0.717, 1.165) is 16.3 Å². The molecule has 0 saturated carbocycles. The molecule has 0 fully saturated rings. The van der Waals surface area contributed by atoms with Crippen LogP contribution < -0.4 is 0 Å². The number of fused-ring (bicyclic) bond motifs is 1. The van der Waals surface area contributed by atoms with Crippen LogP contribution in [0.15, 0.2) is 42.5 Å². The average Bonchev–Trinajstić information content (AvgIpc) is 2.78. The Balaban J connectivity index is 2.20. The standard InChI is InChI=1S/C16H12Cl2OS/c1-9-6-7-12(11-5-3-2-4-10(9)11)15(19)13-8-14(17)20-16(13)18/h2-8,15,19H,1H3. The fourth-order valence-corrected chi connectivity index (χ4v) is 3.94. The summed E-state index contributed by atoms with van der Waals surface area (Å²) in [6, 6.07) is 13.7. The normalized spacial score (nSPS) is 12.8. The Morgan fingerprint density at radius 1 is 1.00 bits per heavy atom. The van der Waals surface area contributed by atoms with Crippen molar-refractivity contribution in [2.24, 2.45) is 0 Å². The lowest BCUT2D eigenvalue weighted by molar-refractivity contribution is 0.222. The monoisotopic (exact) mass is 322 g/mol. The summed E-state index contributed by atoms with van der Waals surface area (Å²) in [5.74, 6) is 0. The van der Waals surface area contributed by atoms with Crippen molar-refractivity contribution in [1.82, 2.24) is 0 Å². The fourth-order valence-electron chi connectivity index (χ4n) is 2.42. The smallest absolute Gasteiger partial charge is 0.107 e. The molecule has 102 valence electrons. The van der Waals surface area contributed by atoms with E-state index in [9.17, 15) is 5.11 Å². The van der Waals surface area contributed by atoms with Crippen LogP contribution >= 0.6 is 34.5 Å². The minimum absolute atomic E-state index is 0.534. The molecule has 0 aliphatic rings. The number of benzene rings is 2. The molecule has 3 aromatic rings. The highest BCUT2D eigenvalue weighted by atomic mass is 35.5. The molecule has 0 radical (unpaired) electrons. The molecular weight excluding hydrogens is 311 g/mol. The van der Waals surface area contributed by atoms with Crippen LogP contribution in [0.3, 0.4) is 0 Å². The summed E-state index contributed by atoms with van der Waals surface area (Å²) < 4.78 is 1.12. The van der Waals surface area contributed by atoms with Crippen LogP contribution in [0.4, 0.5) is 0 Å². The molecule has 0 spiro atoms. The number of thiophene rings is 1. The molecule has 2 aromatic carbocycles. The summed E-state index contributed by atoms with van der Waals surface area (Å²) in [6.07, 6.45) is -0.767. The molecule has 1 aromatic heterocycles. The van der Waals surface area contributed by atoms with E-state index in [-0.39, 0.29) is 0 Å². The Morgan fingerprint density at radius 2 is 1.70 bits per heavy atom. The zero-order valence-electron chi connectivity index (χ0n) is 10.7. The summed E-state index contributed by atoms with van der Waals surface area (Å²) in [4.78, 5) is 0. The van der Waals surface area contributed by atoms with Gasteiger partial charge in [0.2, 0.25) is 0 Å². The molecule has 1 heterocycles. The predicted octanol–water partition coefficient (Wildman–Crippen LogP) is 5.60. The molecule has 0 saturated heterocycles. The van der Waals surface area contributed by atoms with Gasteiger partial charge in [-0.2, -0.15) is 0 Å². The molecule has 20 heavy (non-hydrogen) atoms. The molecule has 1 nitrogen and oxygen atoms in total. The van der Waals surface area contributed by atoms with Crippen LogP contribution in [-0.4, -0.2) is 5.11 Å². The van der Waals surface area contributed by atoms with Gasteiger partial charge >= 0.3 is 0 Å². The highest BCUT2D eigenvalue weighted by Gasteiger charge is 2.19. The molecule has 0 amide bonds. The van der Waals surface area contributed by atoms with Crippen molar-refractivity contribution in [1.29, 1.82) is 0 Å². The maximum absolute atomic E-state index is 10.6. The first-order valence-electron chi connectivity index (χ1n) is 6.19. The Hall–Kier alpha value is -1.06. The van der Waals surface area contributed by atoms with Crippen molar-refractivity contribution >= 4 is 45.3 Å². The maximum atomic E-state index is 10.6. The molecule has 3 rings (SSSR count). The Morgan fingerprint density at radius 3 is 2.35 bits per heavy atom. The van der Waals surface area contributed by atoms with Gasteiger partial charge in [-0.1, -0.05) is 59.6 Å². The summed E-state index contributed by atoms with van der Waals surface area (Å²) in [5.41, 5.74) is 2.70. The molecule has 1 atom stereocenters. The lowest BCUT2D eigenvalue weighted by atomic mass is 9.95. The van der Waals surface area contributed by atoms with Gasteiger partial charge in [-0.05, 0) is 34.9 Å². The van der Waals surface area contributed by atoms with Crippen LogP contribution in [0.5, 0.6) is 0 Å². The molecule has 0 aliphatic carbocycles. The zero-order chi connectivity index (χ0) is 14.3. The number of aliphatic hydroxyl groups is 1. The largest absolute Gasteiger partial charge is 0.384 e. The number of aryl methyl sites for hydroxylation is 1. The van der Waals surface area contributed by atoms with Crippen molar-refractivity contribution in [3.05, 3.63) is 67.8 Å². The molecule has 4 heteroatoms. The maximum Gasteiger partial charge on any atom is 0.107 e. The fraction of sp³-hybridized carbons (Fsp3) is 0.125. The van der Waals surface area contributed by atoms with Gasteiger partial charge in [0.25, 0.3) is 0 Å². The number of hydrogen-bond acceptors (Lipinski definition) is 2. The third kappa shape index (κ3) is 2.33. The number of halogens is 2. The second kappa shape index (κ2) is 5.38. The van der Waals surface area contributed by atoms with Crippen LogP contribution in [0.1, 0.15) is 22.8 Å². The zero-order valence-corrected chi connectivity index (χ0v) is 13.1. The third-order valence-corrected chi connectivity index (χ3v) is 4.97. The van der Waals surface area contributed by atoms with Crippen LogP contribution in [0.2, 0.25) is 8.67 Å². The van der Waals surface area contributed by atoms with Crippen molar-refractivity contribution < 1.29 is 5.11 Å².